The van der Waals surface area contributed by atoms with Gasteiger partial charge in [-0.25, -0.2) is 0 Å². The Morgan fingerprint density at radius 1 is 1.22 bits per heavy atom. The largest absolute Gasteiger partial charge is 0.381 e. The van der Waals surface area contributed by atoms with E-state index < -0.39 is 0 Å². The van der Waals surface area contributed by atoms with Crippen LogP contribution in [0, 0.1) is 0 Å². The number of hydrogen-bond acceptors (Lipinski definition) is 6. The second-order valence-electron chi connectivity index (χ2n) is 4.21. The molecule has 18 heavy (non-hydrogen) atoms. The maximum atomic E-state index is 5.88. The van der Waals surface area contributed by atoms with Crippen molar-refractivity contribution in [3.8, 4) is 0 Å². The molecule has 0 bridgehead atoms. The first-order chi connectivity index (χ1) is 8.78. The molecule has 0 saturated carbocycles. The summed E-state index contributed by atoms with van der Waals surface area (Å²) in [4.78, 5) is 12.4. The highest BCUT2D eigenvalue weighted by Gasteiger charge is 2.15. The summed E-state index contributed by atoms with van der Waals surface area (Å²) in [6, 6.07) is 0.344. The maximum absolute atomic E-state index is 5.88. The van der Waals surface area contributed by atoms with Gasteiger partial charge in [0.05, 0.1) is 0 Å². The first kappa shape index (κ1) is 13.3. The molecule has 0 spiro atoms. The third-order valence-corrected chi connectivity index (χ3v) is 2.86. The van der Waals surface area contributed by atoms with Crippen molar-refractivity contribution in [2.24, 2.45) is 0 Å². The Morgan fingerprint density at radius 2 is 1.94 bits per heavy atom. The fraction of sp³-hybridized carbons (Fsp3) is 0.727. The molecule has 2 heterocycles. The molecule has 0 unspecified atom stereocenters. The Hall–Kier alpha value is -1.14. The number of halogens is 1. The van der Waals surface area contributed by atoms with Crippen LogP contribution in [0.3, 0.4) is 0 Å². The van der Waals surface area contributed by atoms with Crippen molar-refractivity contribution in [1.29, 1.82) is 0 Å². The normalized spacial score (nSPS) is 16.6. The molecule has 1 aliphatic rings. The van der Waals surface area contributed by atoms with Gasteiger partial charge in [-0.15, -0.1) is 0 Å². The molecule has 0 amide bonds. The van der Waals surface area contributed by atoms with E-state index in [-0.39, 0.29) is 5.28 Å². The van der Waals surface area contributed by atoms with Crippen LogP contribution in [-0.2, 0) is 4.74 Å². The number of rotatable bonds is 5. The molecule has 100 valence electrons. The zero-order valence-corrected chi connectivity index (χ0v) is 11.2. The highest BCUT2D eigenvalue weighted by Crippen LogP contribution is 2.14. The van der Waals surface area contributed by atoms with E-state index in [2.05, 4.69) is 32.5 Å². The highest BCUT2D eigenvalue weighted by molar-refractivity contribution is 6.28. The lowest BCUT2D eigenvalue weighted by molar-refractivity contribution is 0.0903. The summed E-state index contributed by atoms with van der Waals surface area (Å²) in [6.07, 6.45) is 2.92. The molecule has 1 fully saturated rings. The summed E-state index contributed by atoms with van der Waals surface area (Å²) in [6.45, 7) is 4.45. The smallest absolute Gasteiger partial charge is 0.229 e. The van der Waals surface area contributed by atoms with Crippen molar-refractivity contribution in [1.82, 2.24) is 15.0 Å². The molecule has 1 aromatic heterocycles. The van der Waals surface area contributed by atoms with Crippen LogP contribution in [0.4, 0.5) is 11.9 Å². The van der Waals surface area contributed by atoms with Crippen molar-refractivity contribution in [2.45, 2.75) is 32.2 Å². The van der Waals surface area contributed by atoms with Crippen molar-refractivity contribution < 1.29 is 4.74 Å². The van der Waals surface area contributed by atoms with E-state index in [4.69, 9.17) is 16.3 Å². The summed E-state index contributed by atoms with van der Waals surface area (Å²) >= 11 is 5.88. The van der Waals surface area contributed by atoms with Gasteiger partial charge in [-0.2, -0.15) is 15.0 Å². The molecule has 0 atom stereocenters. The minimum atomic E-state index is 0.207. The first-order valence-corrected chi connectivity index (χ1v) is 6.65. The second-order valence-corrected chi connectivity index (χ2v) is 4.55. The van der Waals surface area contributed by atoms with Crippen molar-refractivity contribution in [2.75, 3.05) is 30.4 Å². The van der Waals surface area contributed by atoms with E-state index >= 15 is 0 Å². The van der Waals surface area contributed by atoms with Crippen LogP contribution in [0.2, 0.25) is 5.28 Å². The number of ether oxygens (including phenoxy) is 1. The molecule has 1 aliphatic heterocycles. The van der Waals surface area contributed by atoms with Gasteiger partial charge in [-0.1, -0.05) is 6.92 Å². The van der Waals surface area contributed by atoms with Crippen molar-refractivity contribution in [3.05, 3.63) is 5.28 Å². The van der Waals surface area contributed by atoms with Gasteiger partial charge in [0, 0.05) is 25.8 Å². The average Bonchev–Trinajstić information content (AvgIpc) is 2.37. The highest BCUT2D eigenvalue weighted by atomic mass is 35.5. The van der Waals surface area contributed by atoms with Crippen LogP contribution >= 0.6 is 11.6 Å². The minimum absolute atomic E-state index is 0.207. The summed E-state index contributed by atoms with van der Waals surface area (Å²) < 4.78 is 5.31. The summed E-state index contributed by atoms with van der Waals surface area (Å²) in [7, 11) is 0. The van der Waals surface area contributed by atoms with E-state index in [1.807, 2.05) is 0 Å². The second kappa shape index (κ2) is 6.70. The van der Waals surface area contributed by atoms with Crippen LogP contribution in [-0.4, -0.2) is 40.8 Å². The lowest BCUT2D eigenvalue weighted by atomic mass is 10.1. The Labute approximate surface area is 112 Å². The molecule has 7 heteroatoms. The predicted octanol–water partition coefficient (Wildman–Crippen LogP) is 1.94. The Kier molecular flexibility index (Phi) is 4.95. The van der Waals surface area contributed by atoms with E-state index in [1.54, 1.807) is 0 Å². The van der Waals surface area contributed by atoms with Crippen LogP contribution < -0.4 is 10.6 Å². The fourth-order valence-corrected chi connectivity index (χ4v) is 1.92. The molecule has 2 rings (SSSR count). The monoisotopic (exact) mass is 271 g/mol. The average molecular weight is 272 g/mol. The van der Waals surface area contributed by atoms with Gasteiger partial charge in [0.15, 0.2) is 0 Å². The van der Waals surface area contributed by atoms with E-state index in [1.165, 1.54) is 0 Å². The number of nitrogens with zero attached hydrogens (tertiary/aromatic N) is 3. The molecule has 1 aromatic rings. The standard InChI is InChI=1S/C11H18ClN5O/c1-2-5-13-10-15-9(12)16-11(17-10)14-8-3-6-18-7-4-8/h8H,2-7H2,1H3,(H2,13,14,15,16,17). The lowest BCUT2D eigenvalue weighted by Crippen LogP contribution is -2.28. The quantitative estimate of drug-likeness (QED) is 0.853. The number of hydrogen-bond donors (Lipinski definition) is 2. The Morgan fingerprint density at radius 3 is 2.67 bits per heavy atom. The van der Waals surface area contributed by atoms with Crippen molar-refractivity contribution >= 4 is 23.5 Å². The number of aromatic nitrogens is 3. The molecule has 0 radical (unpaired) electrons. The van der Waals surface area contributed by atoms with Gasteiger partial charge in [-0.3, -0.25) is 0 Å². The molecule has 2 N–H and O–H groups in total. The SMILES string of the molecule is CCCNc1nc(Cl)nc(NC2CCOCC2)n1. The molecule has 1 saturated heterocycles. The molecular weight excluding hydrogens is 254 g/mol. The number of anilines is 2. The lowest BCUT2D eigenvalue weighted by Gasteiger charge is -2.23. The minimum Gasteiger partial charge on any atom is -0.381 e. The third kappa shape index (κ3) is 3.96. The van der Waals surface area contributed by atoms with E-state index in [0.29, 0.717) is 17.9 Å². The topological polar surface area (TPSA) is 72.0 Å². The van der Waals surface area contributed by atoms with E-state index in [0.717, 1.165) is 39.0 Å². The summed E-state index contributed by atoms with van der Waals surface area (Å²) in [5.41, 5.74) is 0. The zero-order chi connectivity index (χ0) is 12.8. The van der Waals surface area contributed by atoms with Gasteiger partial charge in [-0.05, 0) is 30.9 Å². The molecular formula is C11H18ClN5O. The van der Waals surface area contributed by atoms with E-state index in [9.17, 15) is 0 Å². The van der Waals surface area contributed by atoms with Crippen LogP contribution in [0.5, 0.6) is 0 Å². The van der Waals surface area contributed by atoms with Crippen LogP contribution in [0.1, 0.15) is 26.2 Å². The molecule has 6 nitrogen and oxygen atoms in total. The summed E-state index contributed by atoms with van der Waals surface area (Å²) in [5, 5.41) is 6.58. The van der Waals surface area contributed by atoms with Crippen LogP contribution in [0.25, 0.3) is 0 Å². The van der Waals surface area contributed by atoms with Crippen LogP contribution in [0.15, 0.2) is 0 Å². The third-order valence-electron chi connectivity index (χ3n) is 2.70. The summed E-state index contributed by atoms with van der Waals surface area (Å²) in [5.74, 6) is 1.05. The fourth-order valence-electron chi connectivity index (χ4n) is 1.75. The van der Waals surface area contributed by atoms with Gasteiger partial charge < -0.3 is 15.4 Å². The van der Waals surface area contributed by atoms with Gasteiger partial charge >= 0.3 is 0 Å². The Balaban J connectivity index is 1.99. The first-order valence-electron chi connectivity index (χ1n) is 6.27. The van der Waals surface area contributed by atoms with Gasteiger partial charge in [0.2, 0.25) is 17.2 Å². The van der Waals surface area contributed by atoms with Crippen molar-refractivity contribution in [3.63, 3.8) is 0 Å². The van der Waals surface area contributed by atoms with Gasteiger partial charge in [0.25, 0.3) is 0 Å². The molecule has 0 aliphatic carbocycles. The number of nitrogens with one attached hydrogen (secondary N) is 2. The molecule has 0 aromatic carbocycles. The predicted molar refractivity (Wildman–Crippen MR) is 71.1 cm³/mol. The maximum Gasteiger partial charge on any atom is 0.229 e. The zero-order valence-electron chi connectivity index (χ0n) is 10.4. The van der Waals surface area contributed by atoms with Gasteiger partial charge in [0.1, 0.15) is 0 Å². The Bertz CT molecular complexity index is 384.